The summed E-state index contributed by atoms with van der Waals surface area (Å²) in [7, 11) is 1.71. The second-order valence-corrected chi connectivity index (χ2v) is 7.16. The molecule has 136 valence electrons. The number of benzene rings is 1. The van der Waals surface area contributed by atoms with E-state index in [2.05, 4.69) is 40.4 Å². The van der Waals surface area contributed by atoms with Crippen LogP contribution < -0.4 is 0 Å². The van der Waals surface area contributed by atoms with Crippen molar-refractivity contribution in [2.45, 2.75) is 51.4 Å². The molecule has 2 fully saturated rings. The van der Waals surface area contributed by atoms with Gasteiger partial charge in [-0.25, -0.2) is 4.68 Å². The molecule has 1 aliphatic carbocycles. The fourth-order valence-electron chi connectivity index (χ4n) is 3.28. The Morgan fingerprint density at radius 2 is 2.19 bits per heavy atom. The van der Waals surface area contributed by atoms with Crippen LogP contribution in [0.15, 0.2) is 24.4 Å². The van der Waals surface area contributed by atoms with Crippen LogP contribution in [0.2, 0.25) is 0 Å². The molecule has 0 bridgehead atoms. The Hall–Kier alpha value is -2.16. The number of nitrogens with zero attached hydrogens (tertiary/aromatic N) is 3. The zero-order valence-electron chi connectivity index (χ0n) is 15.3. The molecule has 1 saturated heterocycles. The first-order valence-corrected chi connectivity index (χ1v) is 9.47. The van der Waals surface area contributed by atoms with E-state index >= 15 is 0 Å². The van der Waals surface area contributed by atoms with Crippen molar-refractivity contribution >= 4 is 0 Å². The van der Waals surface area contributed by atoms with E-state index in [0.717, 1.165) is 48.4 Å². The summed E-state index contributed by atoms with van der Waals surface area (Å²) in [6, 6.07) is 6.25. The molecular formula is C21H25N3O2. The number of methoxy groups -OCH3 is 1. The lowest BCUT2D eigenvalue weighted by Gasteiger charge is -2.21. The summed E-state index contributed by atoms with van der Waals surface area (Å²) in [5.74, 6) is 7.19. The molecule has 1 aromatic heterocycles. The van der Waals surface area contributed by atoms with Crippen LogP contribution in [-0.2, 0) is 22.6 Å². The minimum absolute atomic E-state index is 0.247. The maximum Gasteiger partial charge on any atom is 0.113 e. The first-order valence-electron chi connectivity index (χ1n) is 9.47. The normalized spacial score (nSPS) is 19.8. The first-order chi connectivity index (χ1) is 12.8. The summed E-state index contributed by atoms with van der Waals surface area (Å²) in [5.41, 5.74) is 4.06. The molecule has 1 aliphatic heterocycles. The molecule has 2 heterocycles. The lowest BCUT2D eigenvalue weighted by Crippen LogP contribution is -2.24. The highest BCUT2D eigenvalue weighted by atomic mass is 16.5. The highest BCUT2D eigenvalue weighted by Crippen LogP contribution is 2.28. The van der Waals surface area contributed by atoms with Gasteiger partial charge in [0.25, 0.3) is 0 Å². The highest BCUT2D eigenvalue weighted by Gasteiger charge is 2.18. The van der Waals surface area contributed by atoms with Gasteiger partial charge in [0.15, 0.2) is 0 Å². The van der Waals surface area contributed by atoms with Crippen molar-refractivity contribution in [2.75, 3.05) is 13.7 Å². The van der Waals surface area contributed by atoms with Gasteiger partial charge in [0, 0.05) is 30.8 Å². The fraction of sp³-hybridized carbons (Fsp3) is 0.524. The number of rotatable bonds is 5. The Kier molecular flexibility index (Phi) is 5.33. The van der Waals surface area contributed by atoms with Crippen LogP contribution >= 0.6 is 0 Å². The molecule has 0 radical (unpaired) electrons. The summed E-state index contributed by atoms with van der Waals surface area (Å²) >= 11 is 0. The van der Waals surface area contributed by atoms with Crippen molar-refractivity contribution in [3.63, 3.8) is 0 Å². The van der Waals surface area contributed by atoms with Gasteiger partial charge in [-0.15, -0.1) is 5.10 Å². The van der Waals surface area contributed by atoms with Gasteiger partial charge in [-0.05, 0) is 49.8 Å². The number of hydrogen-bond donors (Lipinski definition) is 0. The van der Waals surface area contributed by atoms with Crippen molar-refractivity contribution < 1.29 is 9.47 Å². The van der Waals surface area contributed by atoms with Crippen LogP contribution in [0, 0.1) is 17.8 Å². The van der Waals surface area contributed by atoms with Gasteiger partial charge in [-0.2, -0.15) is 0 Å². The van der Waals surface area contributed by atoms with Crippen LogP contribution in [0.5, 0.6) is 0 Å². The SMILES string of the molecule is COCc1cc(C#CC2CC2)ccc1-c1cn(CC2CCCCO2)nn1. The van der Waals surface area contributed by atoms with Gasteiger partial charge in [0.2, 0.25) is 0 Å². The smallest absolute Gasteiger partial charge is 0.113 e. The van der Waals surface area contributed by atoms with Crippen LogP contribution in [0.1, 0.15) is 43.2 Å². The summed E-state index contributed by atoms with van der Waals surface area (Å²) in [6.45, 7) is 2.15. The molecule has 2 aliphatic rings. The monoisotopic (exact) mass is 351 g/mol. The van der Waals surface area contributed by atoms with E-state index in [0.29, 0.717) is 12.5 Å². The standard InChI is InChI=1S/C21H25N3O2/c1-25-15-18-12-17(8-7-16-5-6-16)9-10-20(18)21-14-24(23-22-21)13-19-4-2-3-11-26-19/h9-10,12,14,16,19H,2-6,11,13,15H2,1H3. The third-order valence-electron chi connectivity index (χ3n) is 4.88. The Morgan fingerprint density at radius 3 is 2.96 bits per heavy atom. The third kappa shape index (κ3) is 4.32. The predicted octanol–water partition coefficient (Wildman–Crippen LogP) is 3.42. The van der Waals surface area contributed by atoms with Gasteiger partial charge in [-0.1, -0.05) is 23.1 Å². The van der Waals surface area contributed by atoms with Gasteiger partial charge in [0.05, 0.1) is 25.5 Å². The molecule has 2 aromatic rings. The van der Waals surface area contributed by atoms with Gasteiger partial charge in [-0.3, -0.25) is 0 Å². The van der Waals surface area contributed by atoms with E-state index in [1.54, 1.807) is 7.11 Å². The average molecular weight is 351 g/mol. The van der Waals surface area contributed by atoms with Crippen molar-refractivity contribution in [3.05, 3.63) is 35.5 Å². The Balaban J connectivity index is 1.53. The Morgan fingerprint density at radius 1 is 1.27 bits per heavy atom. The van der Waals surface area contributed by atoms with Crippen molar-refractivity contribution in [3.8, 4) is 23.1 Å². The van der Waals surface area contributed by atoms with Crippen LogP contribution in [0.3, 0.4) is 0 Å². The van der Waals surface area contributed by atoms with Crippen LogP contribution in [0.4, 0.5) is 0 Å². The molecule has 4 rings (SSSR count). The Bertz CT molecular complexity index is 808. The molecule has 1 aromatic carbocycles. The summed E-state index contributed by atoms with van der Waals surface area (Å²) in [5, 5.41) is 8.67. The van der Waals surface area contributed by atoms with Crippen LogP contribution in [-0.4, -0.2) is 34.8 Å². The van der Waals surface area contributed by atoms with E-state index < -0.39 is 0 Å². The molecule has 5 nitrogen and oxygen atoms in total. The second-order valence-electron chi connectivity index (χ2n) is 7.16. The minimum Gasteiger partial charge on any atom is -0.380 e. The average Bonchev–Trinajstić information content (AvgIpc) is 3.39. The van der Waals surface area contributed by atoms with E-state index in [4.69, 9.17) is 9.47 Å². The summed E-state index contributed by atoms with van der Waals surface area (Å²) < 4.78 is 13.1. The highest BCUT2D eigenvalue weighted by molar-refractivity contribution is 5.64. The number of ether oxygens (including phenoxy) is 2. The number of hydrogen-bond acceptors (Lipinski definition) is 4. The number of aromatic nitrogens is 3. The summed E-state index contributed by atoms with van der Waals surface area (Å²) in [6.07, 6.45) is 8.22. The molecular weight excluding hydrogens is 326 g/mol. The van der Waals surface area contributed by atoms with Crippen molar-refractivity contribution in [1.82, 2.24) is 15.0 Å². The Labute approximate surface area is 154 Å². The second kappa shape index (κ2) is 8.03. The van der Waals surface area contributed by atoms with Gasteiger partial charge in [0.1, 0.15) is 5.69 Å². The molecule has 5 heteroatoms. The quantitative estimate of drug-likeness (QED) is 0.775. The zero-order chi connectivity index (χ0) is 17.8. The molecule has 0 N–H and O–H groups in total. The zero-order valence-corrected chi connectivity index (χ0v) is 15.3. The van der Waals surface area contributed by atoms with Gasteiger partial charge >= 0.3 is 0 Å². The van der Waals surface area contributed by atoms with E-state index in [-0.39, 0.29) is 6.10 Å². The lowest BCUT2D eigenvalue weighted by atomic mass is 10.0. The van der Waals surface area contributed by atoms with E-state index in [1.165, 1.54) is 19.3 Å². The van der Waals surface area contributed by atoms with Gasteiger partial charge < -0.3 is 9.47 Å². The van der Waals surface area contributed by atoms with Crippen LogP contribution in [0.25, 0.3) is 11.3 Å². The molecule has 0 amide bonds. The largest absolute Gasteiger partial charge is 0.380 e. The van der Waals surface area contributed by atoms with E-state index in [1.807, 2.05) is 10.9 Å². The van der Waals surface area contributed by atoms with Crippen molar-refractivity contribution in [1.29, 1.82) is 0 Å². The van der Waals surface area contributed by atoms with E-state index in [9.17, 15) is 0 Å². The van der Waals surface area contributed by atoms with Crippen molar-refractivity contribution in [2.24, 2.45) is 5.92 Å². The summed E-state index contributed by atoms with van der Waals surface area (Å²) in [4.78, 5) is 0. The third-order valence-corrected chi connectivity index (χ3v) is 4.88. The molecule has 0 spiro atoms. The first kappa shape index (κ1) is 17.3. The molecule has 1 unspecified atom stereocenters. The maximum absolute atomic E-state index is 5.80. The predicted molar refractivity (Wildman–Crippen MR) is 99.4 cm³/mol. The molecule has 1 atom stereocenters. The fourth-order valence-corrected chi connectivity index (χ4v) is 3.28. The topological polar surface area (TPSA) is 49.2 Å². The lowest BCUT2D eigenvalue weighted by molar-refractivity contribution is 0.00370. The minimum atomic E-state index is 0.247. The molecule has 1 saturated carbocycles. The molecule has 26 heavy (non-hydrogen) atoms. The maximum atomic E-state index is 5.80.